The lowest BCUT2D eigenvalue weighted by Crippen LogP contribution is -2.29. The van der Waals surface area contributed by atoms with Crippen LogP contribution >= 0.6 is 0 Å². The van der Waals surface area contributed by atoms with Gasteiger partial charge in [0.2, 0.25) is 0 Å². The maximum absolute atomic E-state index is 12.6. The van der Waals surface area contributed by atoms with E-state index in [1.807, 2.05) is 17.0 Å². The summed E-state index contributed by atoms with van der Waals surface area (Å²) in [6.45, 7) is 6.21. The summed E-state index contributed by atoms with van der Waals surface area (Å²) < 4.78 is 0. The zero-order chi connectivity index (χ0) is 14.1. The Morgan fingerprint density at radius 1 is 1.05 bits per heavy atom. The second-order valence-corrected chi connectivity index (χ2v) is 6.45. The number of benzene rings is 1. The number of rotatable bonds is 2. The molecule has 1 aromatic rings. The van der Waals surface area contributed by atoms with Gasteiger partial charge in [-0.2, -0.15) is 0 Å². The fraction of sp³-hybridized carbons (Fsp3) is 0.500. The van der Waals surface area contributed by atoms with Crippen LogP contribution in [0.2, 0.25) is 0 Å². The minimum Gasteiger partial charge on any atom is -0.338 e. The number of carbonyl (C=O) groups excluding carboxylic acids is 1. The molecule has 3 rings (SSSR count). The van der Waals surface area contributed by atoms with Gasteiger partial charge in [0, 0.05) is 18.7 Å². The van der Waals surface area contributed by atoms with E-state index < -0.39 is 0 Å². The van der Waals surface area contributed by atoms with E-state index in [2.05, 4.69) is 38.1 Å². The first-order valence-corrected chi connectivity index (χ1v) is 7.69. The Labute approximate surface area is 121 Å². The van der Waals surface area contributed by atoms with Crippen molar-refractivity contribution in [3.8, 4) is 0 Å². The first-order chi connectivity index (χ1) is 9.65. The lowest BCUT2D eigenvalue weighted by molar-refractivity contribution is 0.0784. The normalized spacial score (nSPS) is 25.1. The van der Waals surface area contributed by atoms with E-state index in [4.69, 9.17) is 0 Å². The summed E-state index contributed by atoms with van der Waals surface area (Å²) in [5.74, 6) is 2.08. The van der Waals surface area contributed by atoms with Gasteiger partial charge >= 0.3 is 0 Å². The fourth-order valence-corrected chi connectivity index (χ4v) is 3.37. The number of hydrogen-bond donors (Lipinski definition) is 0. The molecule has 1 heterocycles. The van der Waals surface area contributed by atoms with Gasteiger partial charge in [-0.3, -0.25) is 4.79 Å². The van der Waals surface area contributed by atoms with Crippen LogP contribution in [0, 0.1) is 11.8 Å². The van der Waals surface area contributed by atoms with Crippen LogP contribution in [0.4, 0.5) is 0 Å². The van der Waals surface area contributed by atoms with Crippen molar-refractivity contribution in [2.45, 2.75) is 32.6 Å². The minimum absolute atomic E-state index is 0.203. The Kier molecular flexibility index (Phi) is 3.64. The second kappa shape index (κ2) is 5.43. The van der Waals surface area contributed by atoms with Crippen molar-refractivity contribution in [3.63, 3.8) is 0 Å². The van der Waals surface area contributed by atoms with Crippen LogP contribution in [0.5, 0.6) is 0 Å². The largest absolute Gasteiger partial charge is 0.338 e. The number of carbonyl (C=O) groups is 1. The van der Waals surface area contributed by atoms with Crippen LogP contribution in [0.1, 0.15) is 48.5 Å². The molecule has 2 heteroatoms. The van der Waals surface area contributed by atoms with E-state index >= 15 is 0 Å². The van der Waals surface area contributed by atoms with Gasteiger partial charge in [0.1, 0.15) is 0 Å². The number of nitrogens with zero attached hydrogens (tertiary/aromatic N) is 1. The number of hydrogen-bond acceptors (Lipinski definition) is 1. The highest BCUT2D eigenvalue weighted by molar-refractivity contribution is 5.94. The van der Waals surface area contributed by atoms with Gasteiger partial charge in [0.05, 0.1) is 0 Å². The number of allylic oxidation sites excluding steroid dienone is 2. The van der Waals surface area contributed by atoms with Gasteiger partial charge in [-0.25, -0.2) is 0 Å². The molecule has 1 aromatic carbocycles. The topological polar surface area (TPSA) is 20.3 Å². The van der Waals surface area contributed by atoms with Crippen molar-refractivity contribution >= 4 is 5.91 Å². The van der Waals surface area contributed by atoms with Crippen LogP contribution < -0.4 is 0 Å². The second-order valence-electron chi connectivity index (χ2n) is 6.45. The monoisotopic (exact) mass is 269 g/mol. The smallest absolute Gasteiger partial charge is 0.253 e. The van der Waals surface area contributed by atoms with Crippen LogP contribution in [-0.4, -0.2) is 23.9 Å². The molecule has 2 nitrogen and oxygen atoms in total. The molecule has 0 N–H and O–H groups in total. The maximum Gasteiger partial charge on any atom is 0.253 e. The van der Waals surface area contributed by atoms with Gasteiger partial charge in [-0.15, -0.1) is 0 Å². The molecule has 0 spiro atoms. The zero-order valence-corrected chi connectivity index (χ0v) is 12.4. The molecule has 1 fully saturated rings. The maximum atomic E-state index is 12.6. The Morgan fingerprint density at radius 3 is 2.10 bits per heavy atom. The lowest BCUT2D eigenvalue weighted by Gasteiger charge is -2.17. The number of likely N-dealkylation sites (tertiary alicyclic amines) is 1. The molecular weight excluding hydrogens is 246 g/mol. The van der Waals surface area contributed by atoms with Gasteiger partial charge in [-0.1, -0.05) is 38.1 Å². The van der Waals surface area contributed by atoms with Gasteiger partial charge in [0.25, 0.3) is 5.91 Å². The van der Waals surface area contributed by atoms with E-state index in [0.29, 0.717) is 17.8 Å². The summed E-state index contributed by atoms with van der Waals surface area (Å²) in [5, 5.41) is 0. The number of fused-ring (bicyclic) bond motifs is 1. The SMILES string of the molecule is CC(C)c1ccc(C(=O)N2CC3CC=CCC3C2)cc1. The molecule has 20 heavy (non-hydrogen) atoms. The number of amides is 1. The molecule has 1 aliphatic heterocycles. The molecule has 1 aliphatic carbocycles. The van der Waals surface area contributed by atoms with E-state index in [1.165, 1.54) is 5.56 Å². The third kappa shape index (κ3) is 2.52. The minimum atomic E-state index is 0.203. The van der Waals surface area contributed by atoms with Crippen molar-refractivity contribution in [1.29, 1.82) is 0 Å². The summed E-state index contributed by atoms with van der Waals surface area (Å²) in [6.07, 6.45) is 6.82. The summed E-state index contributed by atoms with van der Waals surface area (Å²) in [6, 6.07) is 8.14. The first kappa shape index (κ1) is 13.4. The van der Waals surface area contributed by atoms with E-state index in [0.717, 1.165) is 31.5 Å². The molecule has 106 valence electrons. The molecule has 1 amide bonds. The van der Waals surface area contributed by atoms with Crippen LogP contribution in [0.3, 0.4) is 0 Å². The Bertz CT molecular complexity index is 499. The summed E-state index contributed by atoms with van der Waals surface area (Å²) in [4.78, 5) is 14.6. The third-order valence-electron chi connectivity index (χ3n) is 4.73. The van der Waals surface area contributed by atoms with Crippen molar-refractivity contribution in [2.75, 3.05) is 13.1 Å². The highest BCUT2D eigenvalue weighted by atomic mass is 16.2. The van der Waals surface area contributed by atoms with Gasteiger partial charge < -0.3 is 4.90 Å². The molecule has 0 bridgehead atoms. The average molecular weight is 269 g/mol. The Hall–Kier alpha value is -1.57. The van der Waals surface area contributed by atoms with E-state index in [1.54, 1.807) is 0 Å². The predicted octanol–water partition coefficient (Wildman–Crippen LogP) is 3.85. The quantitative estimate of drug-likeness (QED) is 0.747. The molecule has 0 radical (unpaired) electrons. The molecule has 2 atom stereocenters. The van der Waals surface area contributed by atoms with E-state index in [9.17, 15) is 4.79 Å². The fourth-order valence-electron chi connectivity index (χ4n) is 3.37. The van der Waals surface area contributed by atoms with Crippen molar-refractivity contribution in [3.05, 3.63) is 47.5 Å². The molecule has 2 aliphatic rings. The average Bonchev–Trinajstić information content (AvgIpc) is 2.90. The Morgan fingerprint density at radius 2 is 1.60 bits per heavy atom. The predicted molar refractivity (Wildman–Crippen MR) is 81.8 cm³/mol. The zero-order valence-electron chi connectivity index (χ0n) is 12.4. The molecule has 0 saturated carbocycles. The summed E-state index contributed by atoms with van der Waals surface area (Å²) >= 11 is 0. The highest BCUT2D eigenvalue weighted by Gasteiger charge is 2.35. The van der Waals surface area contributed by atoms with Crippen molar-refractivity contribution in [1.82, 2.24) is 4.90 Å². The van der Waals surface area contributed by atoms with Crippen molar-refractivity contribution < 1.29 is 4.79 Å². The summed E-state index contributed by atoms with van der Waals surface area (Å²) in [7, 11) is 0. The van der Waals surface area contributed by atoms with Crippen molar-refractivity contribution in [2.24, 2.45) is 11.8 Å². The standard InChI is InChI=1S/C18H23NO/c1-13(2)14-7-9-15(10-8-14)18(20)19-11-16-5-3-4-6-17(16)12-19/h3-4,7-10,13,16-17H,5-6,11-12H2,1-2H3. The molecule has 2 unspecified atom stereocenters. The third-order valence-corrected chi connectivity index (χ3v) is 4.73. The first-order valence-electron chi connectivity index (χ1n) is 7.69. The molecule has 1 saturated heterocycles. The lowest BCUT2D eigenvalue weighted by atomic mass is 9.86. The van der Waals surface area contributed by atoms with Crippen LogP contribution in [0.25, 0.3) is 0 Å². The van der Waals surface area contributed by atoms with Gasteiger partial charge in [-0.05, 0) is 48.3 Å². The highest BCUT2D eigenvalue weighted by Crippen LogP contribution is 2.33. The Balaban J connectivity index is 1.70. The molecule has 0 aromatic heterocycles. The van der Waals surface area contributed by atoms with Crippen LogP contribution in [-0.2, 0) is 0 Å². The molecular formula is C18H23NO. The summed E-state index contributed by atoms with van der Waals surface area (Å²) in [5.41, 5.74) is 2.13. The van der Waals surface area contributed by atoms with Gasteiger partial charge in [0.15, 0.2) is 0 Å². The van der Waals surface area contributed by atoms with Crippen LogP contribution in [0.15, 0.2) is 36.4 Å². The van der Waals surface area contributed by atoms with E-state index in [-0.39, 0.29) is 5.91 Å².